The highest BCUT2D eigenvalue weighted by Crippen LogP contribution is 2.27. The van der Waals surface area contributed by atoms with Gasteiger partial charge in [0.15, 0.2) is 0 Å². The van der Waals surface area contributed by atoms with Gasteiger partial charge in [0.25, 0.3) is 0 Å². The van der Waals surface area contributed by atoms with Gasteiger partial charge in [0, 0.05) is 30.1 Å². The number of ether oxygens (including phenoxy) is 1. The minimum absolute atomic E-state index is 0.626. The molecule has 22 heavy (non-hydrogen) atoms. The molecule has 0 saturated heterocycles. The molecule has 0 heterocycles. The minimum Gasteiger partial charge on any atom is -0.497 e. The summed E-state index contributed by atoms with van der Waals surface area (Å²) in [4.78, 5) is 4.01. The fourth-order valence-corrected chi connectivity index (χ4v) is 1.83. The van der Waals surface area contributed by atoms with Gasteiger partial charge < -0.3 is 20.2 Å². The first kappa shape index (κ1) is 18.5. The predicted octanol–water partition coefficient (Wildman–Crippen LogP) is 1.45. The highest BCUT2D eigenvalue weighted by molar-refractivity contribution is 6.49. The molecule has 0 atom stereocenters. The molecule has 0 aromatic heterocycles. The Kier molecular flexibility index (Phi) is 5.65. The van der Waals surface area contributed by atoms with E-state index in [1.165, 1.54) is 0 Å². The second kappa shape index (κ2) is 6.71. The van der Waals surface area contributed by atoms with Crippen LogP contribution in [0.3, 0.4) is 0 Å². The van der Waals surface area contributed by atoms with E-state index in [4.69, 9.17) is 15.1 Å². The largest absolute Gasteiger partial charge is 0.497 e. The van der Waals surface area contributed by atoms with Crippen LogP contribution in [0.1, 0.15) is 38.8 Å². The van der Waals surface area contributed by atoms with Gasteiger partial charge in [-0.1, -0.05) is 6.07 Å². The quantitative estimate of drug-likeness (QED) is 0.474. The fourth-order valence-electron chi connectivity index (χ4n) is 1.83. The molecule has 0 fully saturated rings. The number of hydrogen-bond donors (Lipinski definition) is 2. The number of nitrogens with zero attached hydrogens (tertiary/aromatic N) is 1. The van der Waals surface area contributed by atoms with Gasteiger partial charge in [0.05, 0.1) is 18.3 Å². The van der Waals surface area contributed by atoms with E-state index in [1.54, 1.807) is 41.7 Å². The number of nitrogens with two attached hydrogens (primary N) is 1. The van der Waals surface area contributed by atoms with Crippen molar-refractivity contribution in [3.63, 3.8) is 0 Å². The van der Waals surface area contributed by atoms with Gasteiger partial charge in [-0.2, -0.15) is 0 Å². The average molecular weight is 305 g/mol. The van der Waals surface area contributed by atoms with Crippen molar-refractivity contribution < 1.29 is 14.5 Å². The summed E-state index contributed by atoms with van der Waals surface area (Å²) in [6.45, 7) is 8.96. The van der Waals surface area contributed by atoms with Gasteiger partial charge >= 0.3 is 7.48 Å². The maximum absolute atomic E-state index is 10.2. The van der Waals surface area contributed by atoms with Crippen LogP contribution in [0.25, 0.3) is 0 Å². The second-order valence-electron chi connectivity index (χ2n) is 6.32. The first-order valence-electron chi connectivity index (χ1n) is 7.17. The van der Waals surface area contributed by atoms with Crippen LogP contribution < -0.4 is 15.9 Å². The van der Waals surface area contributed by atoms with Crippen LogP contribution >= 0.6 is 0 Å². The van der Waals surface area contributed by atoms with Crippen molar-refractivity contribution in [1.82, 2.24) is 0 Å². The van der Waals surface area contributed by atoms with E-state index >= 15 is 0 Å². The van der Waals surface area contributed by atoms with Crippen molar-refractivity contribution in [3.05, 3.63) is 17.2 Å². The summed E-state index contributed by atoms with van der Waals surface area (Å²) in [7, 11) is 4.88. The third-order valence-corrected chi connectivity index (χ3v) is 4.06. The molecule has 5 nitrogen and oxygen atoms in total. The fraction of sp³-hybridized carbons (Fsp3) is 0.562. The van der Waals surface area contributed by atoms with Crippen LogP contribution in [0.15, 0.2) is 11.1 Å². The Morgan fingerprint density at radius 3 is 2.36 bits per heavy atom. The zero-order valence-electron chi connectivity index (χ0n) is 14.5. The van der Waals surface area contributed by atoms with Crippen LogP contribution in [0.5, 0.6) is 5.75 Å². The molecule has 0 unspecified atom stereocenters. The van der Waals surface area contributed by atoms with Crippen LogP contribution in [0.4, 0.5) is 5.69 Å². The predicted molar refractivity (Wildman–Crippen MR) is 92.5 cm³/mol. The van der Waals surface area contributed by atoms with E-state index in [0.717, 1.165) is 16.6 Å². The van der Waals surface area contributed by atoms with Crippen molar-refractivity contribution in [3.8, 4) is 5.75 Å². The summed E-state index contributed by atoms with van der Waals surface area (Å²) >= 11 is 0. The summed E-state index contributed by atoms with van der Waals surface area (Å²) in [5.41, 5.74) is 7.36. The highest BCUT2D eigenvalue weighted by atomic mass is 16.5. The molecule has 0 spiro atoms. The van der Waals surface area contributed by atoms with E-state index in [-0.39, 0.29) is 0 Å². The van der Waals surface area contributed by atoms with Crippen LogP contribution in [0, 0.1) is 6.92 Å². The van der Waals surface area contributed by atoms with Crippen molar-refractivity contribution in [2.24, 2.45) is 4.99 Å². The number of nitrogen functional groups attached to an aromatic ring is 1. The lowest BCUT2D eigenvalue weighted by molar-refractivity contribution is -0.0893. The van der Waals surface area contributed by atoms with Crippen molar-refractivity contribution in [2.75, 3.05) is 19.9 Å². The van der Waals surface area contributed by atoms with Gasteiger partial charge in [-0.3, -0.25) is 4.99 Å². The maximum atomic E-state index is 10.2. The Balaban J connectivity index is 3.19. The SMILES string of the molecule is CN=Cc1cc([B]OC(C)(C)C(C)(C)O)c(OC)c(C)c1N. The lowest BCUT2D eigenvalue weighted by Gasteiger charge is -2.37. The number of hydrogen-bond acceptors (Lipinski definition) is 5. The Bertz CT molecular complexity index is 563. The molecule has 1 radical (unpaired) electrons. The van der Waals surface area contributed by atoms with E-state index in [9.17, 15) is 5.11 Å². The highest BCUT2D eigenvalue weighted by Gasteiger charge is 2.36. The molecule has 1 aromatic carbocycles. The maximum Gasteiger partial charge on any atom is 0.334 e. The topological polar surface area (TPSA) is 77.1 Å². The second-order valence-corrected chi connectivity index (χ2v) is 6.32. The van der Waals surface area contributed by atoms with Crippen molar-refractivity contribution in [2.45, 2.75) is 45.8 Å². The van der Waals surface area contributed by atoms with E-state index < -0.39 is 11.2 Å². The van der Waals surface area contributed by atoms with E-state index in [1.807, 2.05) is 26.8 Å². The number of aliphatic imine (C=N–C) groups is 1. The molecular weight excluding hydrogens is 279 g/mol. The number of aliphatic hydroxyl groups is 1. The molecule has 0 bridgehead atoms. The number of benzene rings is 1. The molecule has 0 aliphatic rings. The summed E-state index contributed by atoms with van der Waals surface area (Å²) in [6, 6.07) is 1.86. The molecule has 6 heteroatoms. The Hall–Kier alpha value is -1.53. The lowest BCUT2D eigenvalue weighted by Crippen LogP contribution is -2.49. The van der Waals surface area contributed by atoms with Gasteiger partial charge in [0.1, 0.15) is 5.75 Å². The summed E-state index contributed by atoms with van der Waals surface area (Å²) < 4.78 is 11.3. The molecule has 1 aromatic rings. The van der Waals surface area contributed by atoms with Gasteiger partial charge in [-0.15, -0.1) is 0 Å². The zero-order valence-corrected chi connectivity index (χ0v) is 14.5. The summed E-state index contributed by atoms with van der Waals surface area (Å²) in [5, 5.41) is 10.2. The molecule has 0 saturated carbocycles. The normalized spacial score (nSPS) is 12.7. The molecule has 121 valence electrons. The van der Waals surface area contributed by atoms with Crippen molar-refractivity contribution in [1.29, 1.82) is 0 Å². The molecule has 1 rings (SSSR count). The van der Waals surface area contributed by atoms with Gasteiger partial charge in [-0.25, -0.2) is 0 Å². The van der Waals surface area contributed by atoms with Crippen molar-refractivity contribution >= 4 is 24.8 Å². The molecule has 0 aliphatic carbocycles. The summed E-state index contributed by atoms with van der Waals surface area (Å²) in [6.07, 6.45) is 1.69. The molecular formula is C16H26BN2O3. The third-order valence-electron chi connectivity index (χ3n) is 4.06. The minimum atomic E-state index is -0.993. The van der Waals surface area contributed by atoms with E-state index in [2.05, 4.69) is 4.99 Å². The third kappa shape index (κ3) is 3.81. The number of anilines is 1. The standard InChI is InChI=1S/C16H26BN2O3/c1-10-13(18)11(9-19-6)8-12(14(10)21-7)17-22-16(4,5)15(2,3)20/h8-9,20H,18H2,1-7H3. The Morgan fingerprint density at radius 2 is 1.91 bits per heavy atom. The Morgan fingerprint density at radius 1 is 1.32 bits per heavy atom. The average Bonchev–Trinajstić information content (AvgIpc) is 2.41. The number of methoxy groups -OCH3 is 1. The monoisotopic (exact) mass is 305 g/mol. The summed E-state index contributed by atoms with van der Waals surface area (Å²) in [5.74, 6) is 0.650. The molecule has 0 amide bonds. The van der Waals surface area contributed by atoms with Gasteiger partial charge in [-0.05, 0) is 40.1 Å². The smallest absolute Gasteiger partial charge is 0.334 e. The number of rotatable bonds is 6. The first-order valence-corrected chi connectivity index (χ1v) is 7.17. The molecule has 0 aliphatic heterocycles. The van der Waals surface area contributed by atoms with Crippen LogP contribution in [-0.2, 0) is 4.65 Å². The van der Waals surface area contributed by atoms with Gasteiger partial charge in [0.2, 0.25) is 0 Å². The first-order chi connectivity index (χ1) is 10.0. The van der Waals surface area contributed by atoms with Crippen LogP contribution in [0.2, 0.25) is 0 Å². The zero-order chi connectivity index (χ0) is 17.1. The molecule has 3 N–H and O–H groups in total. The lowest BCUT2D eigenvalue weighted by atomic mass is 9.80. The van der Waals surface area contributed by atoms with E-state index in [0.29, 0.717) is 11.4 Å². The van der Waals surface area contributed by atoms with Crippen LogP contribution in [-0.4, -0.2) is 44.2 Å². The Labute approximate surface area is 133 Å².